The van der Waals surface area contributed by atoms with Gasteiger partial charge >= 0.3 is 11.9 Å². The van der Waals surface area contributed by atoms with Gasteiger partial charge in [-0.25, -0.2) is 4.79 Å². The van der Waals surface area contributed by atoms with Crippen molar-refractivity contribution in [3.63, 3.8) is 0 Å². The molecule has 0 spiro atoms. The maximum absolute atomic E-state index is 12.9. The minimum atomic E-state index is -3.33. The van der Waals surface area contributed by atoms with Gasteiger partial charge in [-0.2, -0.15) is 13.9 Å². The third-order valence-corrected chi connectivity index (χ3v) is 2.91. The predicted molar refractivity (Wildman–Crippen MR) is 59.2 cm³/mol. The van der Waals surface area contributed by atoms with E-state index in [1.165, 1.54) is 0 Å². The molecule has 0 saturated carbocycles. The summed E-state index contributed by atoms with van der Waals surface area (Å²) >= 11 is 0. The second-order valence-corrected chi connectivity index (χ2v) is 4.34. The van der Waals surface area contributed by atoms with Gasteiger partial charge in [-0.05, 0) is 6.07 Å². The summed E-state index contributed by atoms with van der Waals surface area (Å²) < 4.78 is 32.0. The molecule has 1 aliphatic heterocycles. The number of alkyl halides is 2. The number of hydrogen-bond donors (Lipinski definition) is 1. The van der Waals surface area contributed by atoms with Crippen LogP contribution in [-0.2, 0) is 23.0 Å². The van der Waals surface area contributed by atoms with Crippen molar-refractivity contribution >= 4 is 5.97 Å². The lowest BCUT2D eigenvalue weighted by atomic mass is 10.2. The molecule has 0 amide bonds. The van der Waals surface area contributed by atoms with Gasteiger partial charge in [0.2, 0.25) is 0 Å². The van der Waals surface area contributed by atoms with Crippen LogP contribution in [0, 0.1) is 0 Å². The molecule has 0 aromatic carbocycles. The van der Waals surface area contributed by atoms with Crippen molar-refractivity contribution in [3.05, 3.63) is 18.0 Å². The van der Waals surface area contributed by atoms with Gasteiger partial charge in [0.1, 0.15) is 6.10 Å². The van der Waals surface area contributed by atoms with E-state index in [9.17, 15) is 13.6 Å². The Labute approximate surface area is 103 Å². The van der Waals surface area contributed by atoms with Crippen LogP contribution >= 0.6 is 0 Å². The summed E-state index contributed by atoms with van der Waals surface area (Å²) in [5.74, 6) is -4.74. The van der Waals surface area contributed by atoms with Crippen molar-refractivity contribution in [2.45, 2.75) is 24.9 Å². The molecule has 1 atom stereocenters. The number of carbonyl (C=O) groups excluding carboxylic acids is 1. The molecule has 0 aliphatic carbocycles. The second-order valence-electron chi connectivity index (χ2n) is 4.34. The zero-order chi connectivity index (χ0) is 13.2. The molecule has 1 aromatic heterocycles. The van der Waals surface area contributed by atoms with Gasteiger partial charge in [0.05, 0.1) is 6.42 Å². The van der Waals surface area contributed by atoms with E-state index in [2.05, 4.69) is 15.2 Å². The van der Waals surface area contributed by atoms with Crippen molar-refractivity contribution in [1.29, 1.82) is 0 Å². The lowest BCUT2D eigenvalue weighted by Crippen LogP contribution is -2.29. The normalized spacial score (nSPS) is 22.2. The molecule has 1 fully saturated rings. The number of nitrogens with one attached hydrogen (secondary N) is 1. The predicted octanol–water partition coefficient (Wildman–Crippen LogP) is 0.503. The number of carbonyl (C=O) groups is 1. The topological polar surface area (TPSA) is 56.2 Å². The van der Waals surface area contributed by atoms with Gasteiger partial charge in [0, 0.05) is 38.4 Å². The van der Waals surface area contributed by atoms with Gasteiger partial charge < -0.3 is 10.1 Å². The lowest BCUT2D eigenvalue weighted by molar-refractivity contribution is -0.158. The van der Waals surface area contributed by atoms with Crippen molar-refractivity contribution in [3.8, 4) is 0 Å². The maximum atomic E-state index is 12.9. The third kappa shape index (κ3) is 2.84. The van der Waals surface area contributed by atoms with Crippen molar-refractivity contribution < 1.29 is 18.3 Å². The number of esters is 1. The summed E-state index contributed by atoms with van der Waals surface area (Å²) in [4.78, 5) is 10.8. The molecule has 5 nitrogen and oxygen atoms in total. The Hall–Kier alpha value is -1.50. The highest BCUT2D eigenvalue weighted by Crippen LogP contribution is 2.30. The first-order chi connectivity index (χ1) is 8.49. The van der Waals surface area contributed by atoms with Gasteiger partial charge in [-0.1, -0.05) is 0 Å². The first kappa shape index (κ1) is 12.9. The molecule has 7 heteroatoms. The molecule has 1 saturated heterocycles. The summed E-state index contributed by atoms with van der Waals surface area (Å²) in [5, 5.41) is 7.02. The van der Waals surface area contributed by atoms with Crippen molar-refractivity contribution in [2.24, 2.45) is 7.05 Å². The monoisotopic (exact) mass is 259 g/mol. The number of aromatic nitrogens is 2. The molecule has 2 rings (SSSR count). The fourth-order valence-electron chi connectivity index (χ4n) is 1.89. The molecule has 100 valence electrons. The number of cyclic esters (lactones) is 1. The third-order valence-electron chi connectivity index (χ3n) is 2.91. The summed E-state index contributed by atoms with van der Waals surface area (Å²) in [6.45, 7) is 0.873. The van der Waals surface area contributed by atoms with Gasteiger partial charge in [-0.3, -0.25) is 4.68 Å². The number of nitrogens with zero attached hydrogens (tertiary/aromatic N) is 2. The van der Waals surface area contributed by atoms with Crippen LogP contribution in [-0.4, -0.2) is 40.9 Å². The fourth-order valence-corrected chi connectivity index (χ4v) is 1.89. The Bertz CT molecular complexity index is 434. The maximum Gasteiger partial charge on any atom is 0.377 e. The number of aryl methyl sites for hydroxylation is 1. The van der Waals surface area contributed by atoms with E-state index in [1.807, 2.05) is 13.1 Å². The molecule has 1 aliphatic rings. The van der Waals surface area contributed by atoms with E-state index in [0.717, 1.165) is 12.1 Å². The van der Waals surface area contributed by atoms with Crippen molar-refractivity contribution in [1.82, 2.24) is 15.1 Å². The number of ether oxygens (including phenoxy) is 1. The minimum Gasteiger partial charge on any atom is -0.456 e. The molecule has 2 heterocycles. The van der Waals surface area contributed by atoms with Crippen LogP contribution < -0.4 is 5.32 Å². The molecule has 1 unspecified atom stereocenters. The van der Waals surface area contributed by atoms with Gasteiger partial charge in [-0.15, -0.1) is 0 Å². The summed E-state index contributed by atoms with van der Waals surface area (Å²) in [7, 11) is 1.84. The number of rotatable bonds is 5. The highest BCUT2D eigenvalue weighted by atomic mass is 19.3. The molecule has 0 radical (unpaired) electrons. The van der Waals surface area contributed by atoms with E-state index in [1.54, 1.807) is 10.9 Å². The van der Waals surface area contributed by atoms with E-state index in [0.29, 0.717) is 6.54 Å². The van der Waals surface area contributed by atoms with E-state index < -0.39 is 24.4 Å². The van der Waals surface area contributed by atoms with E-state index in [-0.39, 0.29) is 6.54 Å². The first-order valence-corrected chi connectivity index (χ1v) is 5.75. The summed E-state index contributed by atoms with van der Waals surface area (Å²) in [5.41, 5.74) is 1.05. The zero-order valence-corrected chi connectivity index (χ0v) is 10.0. The van der Waals surface area contributed by atoms with Crippen LogP contribution in [0.4, 0.5) is 8.78 Å². The number of halogens is 2. The smallest absolute Gasteiger partial charge is 0.377 e. The van der Waals surface area contributed by atoms with E-state index >= 15 is 0 Å². The fraction of sp³-hybridized carbons (Fsp3) is 0.636. The molecule has 0 bridgehead atoms. The number of hydrogen-bond acceptors (Lipinski definition) is 4. The SMILES string of the molecule is Cn1nccc1CCNCC1CC(F)(F)C(=O)O1. The van der Waals surface area contributed by atoms with Crippen LogP contribution in [0.3, 0.4) is 0 Å². The Kier molecular flexibility index (Phi) is 3.60. The molecule has 18 heavy (non-hydrogen) atoms. The first-order valence-electron chi connectivity index (χ1n) is 5.75. The van der Waals surface area contributed by atoms with Crippen LogP contribution in [0.2, 0.25) is 0 Å². The average molecular weight is 259 g/mol. The Morgan fingerprint density at radius 3 is 3.00 bits per heavy atom. The highest BCUT2D eigenvalue weighted by Gasteiger charge is 2.50. The van der Waals surface area contributed by atoms with Crippen LogP contribution in [0.1, 0.15) is 12.1 Å². The lowest BCUT2D eigenvalue weighted by Gasteiger charge is -2.09. The van der Waals surface area contributed by atoms with Crippen LogP contribution in [0.15, 0.2) is 12.3 Å². The van der Waals surface area contributed by atoms with Crippen LogP contribution in [0.5, 0.6) is 0 Å². The van der Waals surface area contributed by atoms with Crippen molar-refractivity contribution in [2.75, 3.05) is 13.1 Å². The second kappa shape index (κ2) is 5.01. The minimum absolute atomic E-state index is 0.249. The van der Waals surface area contributed by atoms with E-state index in [4.69, 9.17) is 0 Å². The summed E-state index contributed by atoms with van der Waals surface area (Å²) in [6.07, 6.45) is 1.17. The molecule has 1 N–H and O–H groups in total. The Balaban J connectivity index is 1.68. The average Bonchev–Trinajstić information content (AvgIpc) is 2.79. The van der Waals surface area contributed by atoms with Gasteiger partial charge in [0.25, 0.3) is 0 Å². The molecular formula is C11H15F2N3O2. The largest absolute Gasteiger partial charge is 0.456 e. The zero-order valence-electron chi connectivity index (χ0n) is 10.0. The summed E-state index contributed by atoms with van der Waals surface area (Å²) in [6, 6.07) is 1.89. The van der Waals surface area contributed by atoms with Crippen LogP contribution in [0.25, 0.3) is 0 Å². The highest BCUT2D eigenvalue weighted by molar-refractivity contribution is 5.79. The quantitative estimate of drug-likeness (QED) is 0.618. The van der Waals surface area contributed by atoms with Gasteiger partial charge in [0.15, 0.2) is 0 Å². The standard InChI is InChI=1S/C11H15F2N3O2/c1-16-8(3-5-15-16)2-4-14-7-9-6-11(12,13)10(17)18-9/h3,5,9,14H,2,4,6-7H2,1H3. The Morgan fingerprint density at radius 2 is 2.44 bits per heavy atom. The Morgan fingerprint density at radius 1 is 1.67 bits per heavy atom. The molecular weight excluding hydrogens is 244 g/mol. The molecule has 1 aromatic rings.